The van der Waals surface area contributed by atoms with Crippen LogP contribution in [0.5, 0.6) is 0 Å². The van der Waals surface area contributed by atoms with Crippen LogP contribution in [0.1, 0.15) is 38.4 Å². The van der Waals surface area contributed by atoms with Gasteiger partial charge in [0, 0.05) is 39.4 Å². The van der Waals surface area contributed by atoms with Gasteiger partial charge in [0.25, 0.3) is 0 Å². The molecule has 0 N–H and O–H groups in total. The molecule has 1 aromatic heterocycles. The minimum absolute atomic E-state index is 0.0262. The van der Waals surface area contributed by atoms with Crippen LogP contribution in [0.3, 0.4) is 0 Å². The molecule has 126 valence electrons. The summed E-state index contributed by atoms with van der Waals surface area (Å²) >= 11 is 0. The number of ether oxygens (including phenoxy) is 1. The van der Waals surface area contributed by atoms with E-state index in [1.807, 2.05) is 6.92 Å². The summed E-state index contributed by atoms with van der Waals surface area (Å²) in [6, 6.07) is -0.133. The van der Waals surface area contributed by atoms with Crippen molar-refractivity contribution >= 4 is 11.9 Å². The molecule has 1 aromatic rings. The van der Waals surface area contributed by atoms with E-state index in [1.165, 1.54) is 0 Å². The number of nitrogens with zero attached hydrogens (tertiary/aromatic N) is 4. The molecule has 3 atom stereocenters. The smallest absolute Gasteiger partial charge is 0.323 e. The lowest BCUT2D eigenvalue weighted by atomic mass is 10.1. The summed E-state index contributed by atoms with van der Waals surface area (Å²) in [5, 5.41) is 3.86. The minimum Gasteiger partial charge on any atom is -0.461 e. The summed E-state index contributed by atoms with van der Waals surface area (Å²) in [7, 11) is 0. The van der Waals surface area contributed by atoms with Crippen molar-refractivity contribution < 1.29 is 18.8 Å². The van der Waals surface area contributed by atoms with Crippen LogP contribution < -0.4 is 0 Å². The van der Waals surface area contributed by atoms with E-state index in [0.717, 1.165) is 19.4 Å². The van der Waals surface area contributed by atoms with E-state index in [0.29, 0.717) is 24.8 Å². The van der Waals surface area contributed by atoms with Gasteiger partial charge < -0.3 is 14.2 Å². The first kappa shape index (κ1) is 15.9. The van der Waals surface area contributed by atoms with Crippen molar-refractivity contribution in [3.8, 4) is 0 Å². The van der Waals surface area contributed by atoms with Crippen LogP contribution in [-0.4, -0.2) is 63.1 Å². The number of carbonyl (C=O) groups excluding carboxylic acids is 2. The van der Waals surface area contributed by atoms with Gasteiger partial charge in [-0.25, -0.2) is 0 Å². The molecule has 1 amide bonds. The number of likely N-dealkylation sites (tertiary alicyclic amines) is 1. The third-order valence-corrected chi connectivity index (χ3v) is 4.51. The Labute approximate surface area is 134 Å². The Morgan fingerprint density at radius 1 is 1.48 bits per heavy atom. The van der Waals surface area contributed by atoms with Crippen LogP contribution in [0.15, 0.2) is 4.52 Å². The number of esters is 1. The van der Waals surface area contributed by atoms with Crippen molar-refractivity contribution in [3.63, 3.8) is 0 Å². The maximum atomic E-state index is 12.0. The molecule has 0 aliphatic carbocycles. The fraction of sp³-hybridized carbons (Fsp3) is 0.733. The zero-order valence-corrected chi connectivity index (χ0v) is 13.7. The first-order valence-electron chi connectivity index (χ1n) is 7.95. The Kier molecular flexibility index (Phi) is 4.34. The summed E-state index contributed by atoms with van der Waals surface area (Å²) in [6.45, 7) is 6.96. The third kappa shape index (κ3) is 3.36. The molecule has 2 aliphatic heterocycles. The number of cyclic esters (lactones) is 1. The molecule has 2 aliphatic rings. The van der Waals surface area contributed by atoms with Crippen LogP contribution in [0.4, 0.5) is 0 Å². The summed E-state index contributed by atoms with van der Waals surface area (Å²) in [6.07, 6.45) is 1.52. The van der Waals surface area contributed by atoms with E-state index in [-0.39, 0.29) is 30.1 Å². The average Bonchev–Trinajstić information content (AvgIpc) is 3.16. The average molecular weight is 322 g/mol. The Morgan fingerprint density at radius 3 is 2.83 bits per heavy atom. The molecule has 0 unspecified atom stereocenters. The molecule has 2 fully saturated rings. The van der Waals surface area contributed by atoms with E-state index in [1.54, 1.807) is 18.7 Å². The van der Waals surface area contributed by atoms with Gasteiger partial charge in [0.2, 0.25) is 11.8 Å². The zero-order chi connectivity index (χ0) is 16.6. The number of hydrogen-bond donors (Lipinski definition) is 0. The van der Waals surface area contributed by atoms with Crippen molar-refractivity contribution in [1.82, 2.24) is 19.9 Å². The number of rotatable bonds is 4. The van der Waals surface area contributed by atoms with Crippen molar-refractivity contribution in [2.75, 3.05) is 13.1 Å². The summed E-state index contributed by atoms with van der Waals surface area (Å²) in [5.41, 5.74) is 0. The molecular weight excluding hydrogens is 300 g/mol. The standard InChI is InChI=1S/C15H22N4O4/c1-9-6-13(15(21)22-9)18-5-4-12(7-18)19(11(3)20)8-14-16-10(2)23-17-14/h9,12-13H,4-8H2,1-3H3/t9-,12-,13+/m1/s1. The van der Waals surface area contributed by atoms with Crippen molar-refractivity contribution in [2.45, 2.75) is 58.3 Å². The molecule has 0 saturated carbocycles. The van der Waals surface area contributed by atoms with Gasteiger partial charge in [0.1, 0.15) is 12.1 Å². The normalized spacial score (nSPS) is 28.1. The predicted octanol–water partition coefficient (Wildman–Crippen LogP) is 0.505. The Bertz CT molecular complexity index is 602. The SMILES string of the molecule is CC(=O)N(Cc1noc(C)n1)[C@@H]1CCN([C@H]2C[C@@H](C)OC2=O)C1. The third-order valence-electron chi connectivity index (χ3n) is 4.51. The monoisotopic (exact) mass is 322 g/mol. The van der Waals surface area contributed by atoms with Gasteiger partial charge in [-0.3, -0.25) is 14.5 Å². The maximum Gasteiger partial charge on any atom is 0.323 e. The molecule has 0 spiro atoms. The van der Waals surface area contributed by atoms with Crippen molar-refractivity contribution in [1.29, 1.82) is 0 Å². The second-order valence-electron chi connectivity index (χ2n) is 6.31. The Hall–Kier alpha value is -1.96. The maximum absolute atomic E-state index is 12.0. The summed E-state index contributed by atoms with van der Waals surface area (Å²) in [4.78, 5) is 32.0. The molecule has 0 bridgehead atoms. The number of hydrogen-bond acceptors (Lipinski definition) is 7. The lowest BCUT2D eigenvalue weighted by Gasteiger charge is -2.27. The molecule has 3 rings (SSSR count). The fourth-order valence-corrected chi connectivity index (χ4v) is 3.39. The highest BCUT2D eigenvalue weighted by Gasteiger charge is 2.41. The van der Waals surface area contributed by atoms with Gasteiger partial charge in [0.05, 0.1) is 6.54 Å². The van der Waals surface area contributed by atoms with Crippen LogP contribution >= 0.6 is 0 Å². The lowest BCUT2D eigenvalue weighted by Crippen LogP contribution is -2.43. The summed E-state index contributed by atoms with van der Waals surface area (Å²) < 4.78 is 10.2. The summed E-state index contributed by atoms with van der Waals surface area (Å²) in [5.74, 6) is 0.812. The highest BCUT2D eigenvalue weighted by Crippen LogP contribution is 2.26. The van der Waals surface area contributed by atoms with Gasteiger partial charge in [-0.2, -0.15) is 4.98 Å². The van der Waals surface area contributed by atoms with E-state index < -0.39 is 0 Å². The zero-order valence-electron chi connectivity index (χ0n) is 13.7. The second-order valence-corrected chi connectivity index (χ2v) is 6.31. The van der Waals surface area contributed by atoms with E-state index in [2.05, 4.69) is 15.0 Å². The van der Waals surface area contributed by atoms with Gasteiger partial charge >= 0.3 is 5.97 Å². The molecule has 0 aromatic carbocycles. The van der Waals surface area contributed by atoms with E-state index in [4.69, 9.17) is 9.26 Å². The van der Waals surface area contributed by atoms with Crippen LogP contribution in [0, 0.1) is 6.92 Å². The van der Waals surface area contributed by atoms with E-state index in [9.17, 15) is 9.59 Å². The number of aromatic nitrogens is 2. The van der Waals surface area contributed by atoms with Gasteiger partial charge in [-0.05, 0) is 13.3 Å². The lowest BCUT2D eigenvalue weighted by molar-refractivity contribution is -0.144. The first-order chi connectivity index (χ1) is 10.9. The highest BCUT2D eigenvalue weighted by molar-refractivity contribution is 5.78. The van der Waals surface area contributed by atoms with E-state index >= 15 is 0 Å². The quantitative estimate of drug-likeness (QED) is 0.746. The molecular formula is C15H22N4O4. The second kappa shape index (κ2) is 6.27. The molecule has 23 heavy (non-hydrogen) atoms. The minimum atomic E-state index is -0.184. The molecule has 0 radical (unpaired) electrons. The van der Waals surface area contributed by atoms with Gasteiger partial charge in [-0.1, -0.05) is 5.16 Å². The predicted molar refractivity (Wildman–Crippen MR) is 79.2 cm³/mol. The van der Waals surface area contributed by atoms with Gasteiger partial charge in [-0.15, -0.1) is 0 Å². The van der Waals surface area contributed by atoms with Crippen LogP contribution in [-0.2, 0) is 20.9 Å². The first-order valence-corrected chi connectivity index (χ1v) is 7.95. The van der Waals surface area contributed by atoms with Crippen molar-refractivity contribution in [2.24, 2.45) is 0 Å². The number of carbonyl (C=O) groups is 2. The topological polar surface area (TPSA) is 88.8 Å². The Morgan fingerprint density at radius 2 is 2.26 bits per heavy atom. The molecule has 8 heteroatoms. The van der Waals surface area contributed by atoms with Crippen LogP contribution in [0.2, 0.25) is 0 Å². The van der Waals surface area contributed by atoms with Crippen LogP contribution in [0.25, 0.3) is 0 Å². The van der Waals surface area contributed by atoms with Crippen molar-refractivity contribution in [3.05, 3.63) is 11.7 Å². The largest absolute Gasteiger partial charge is 0.461 e. The number of aryl methyl sites for hydroxylation is 1. The van der Waals surface area contributed by atoms with Gasteiger partial charge in [0.15, 0.2) is 5.82 Å². The highest BCUT2D eigenvalue weighted by atomic mass is 16.6. The molecule has 3 heterocycles. The molecule has 8 nitrogen and oxygen atoms in total. The fourth-order valence-electron chi connectivity index (χ4n) is 3.39. The molecule has 2 saturated heterocycles. The number of amides is 1. The Balaban J connectivity index is 1.65.